The van der Waals surface area contributed by atoms with Gasteiger partial charge < -0.3 is 9.64 Å². The fourth-order valence-electron chi connectivity index (χ4n) is 3.08. The molecule has 1 amide bonds. The lowest BCUT2D eigenvalue weighted by molar-refractivity contribution is 0.0610. The highest BCUT2D eigenvalue weighted by molar-refractivity contribution is 7.09. The molecule has 1 fully saturated rings. The predicted octanol–water partition coefficient (Wildman–Crippen LogP) is 3.97. The van der Waals surface area contributed by atoms with Crippen LogP contribution in [0, 0.1) is 6.92 Å². The number of thiazole rings is 1. The molecule has 1 aliphatic heterocycles. The molecule has 0 unspecified atom stereocenters. The van der Waals surface area contributed by atoms with E-state index in [1.807, 2.05) is 36.1 Å². The lowest BCUT2D eigenvalue weighted by atomic mass is 10.0. The molecule has 1 aromatic heterocycles. The predicted molar refractivity (Wildman–Crippen MR) is 91.6 cm³/mol. The Morgan fingerprint density at radius 2 is 2.30 bits per heavy atom. The van der Waals surface area contributed by atoms with Crippen molar-refractivity contribution in [2.45, 2.75) is 38.8 Å². The Balaban J connectivity index is 1.85. The molecule has 2 heterocycles. The number of benzene rings is 1. The number of methoxy groups -OCH3 is 1. The van der Waals surface area contributed by atoms with Crippen LogP contribution in [0.2, 0.25) is 0 Å². The van der Waals surface area contributed by atoms with Crippen LogP contribution >= 0.6 is 11.3 Å². The Kier molecular flexibility index (Phi) is 5.08. The van der Waals surface area contributed by atoms with Crippen molar-refractivity contribution < 1.29 is 9.53 Å². The van der Waals surface area contributed by atoms with Gasteiger partial charge in [-0.25, -0.2) is 4.98 Å². The molecule has 4 nitrogen and oxygen atoms in total. The molecular weight excluding hydrogens is 308 g/mol. The van der Waals surface area contributed by atoms with E-state index >= 15 is 0 Å². The van der Waals surface area contributed by atoms with Gasteiger partial charge in [0.15, 0.2) is 0 Å². The number of piperidine rings is 1. The maximum Gasteiger partial charge on any atom is 0.254 e. The maximum absolute atomic E-state index is 13.0. The zero-order chi connectivity index (χ0) is 16.2. The summed E-state index contributed by atoms with van der Waals surface area (Å²) in [4.78, 5) is 19.6. The van der Waals surface area contributed by atoms with Gasteiger partial charge in [0.05, 0.1) is 12.6 Å². The van der Waals surface area contributed by atoms with Gasteiger partial charge in [0.2, 0.25) is 0 Å². The van der Waals surface area contributed by atoms with E-state index in [-0.39, 0.29) is 11.9 Å². The lowest BCUT2D eigenvalue weighted by Gasteiger charge is -2.34. The number of hydrogen-bond acceptors (Lipinski definition) is 4. The van der Waals surface area contributed by atoms with Gasteiger partial charge in [0.25, 0.3) is 5.91 Å². The Labute approximate surface area is 141 Å². The van der Waals surface area contributed by atoms with Crippen LogP contribution in [0.15, 0.2) is 29.6 Å². The molecule has 122 valence electrons. The molecule has 23 heavy (non-hydrogen) atoms. The molecule has 1 aromatic carbocycles. The van der Waals surface area contributed by atoms with Gasteiger partial charge in [0.1, 0.15) is 5.01 Å². The topological polar surface area (TPSA) is 42.4 Å². The molecular formula is C18H22N2O2S. The maximum atomic E-state index is 13.0. The Bertz CT molecular complexity index is 683. The minimum Gasteiger partial charge on any atom is -0.380 e. The minimum atomic E-state index is 0.0977. The first kappa shape index (κ1) is 16.1. The zero-order valence-electron chi connectivity index (χ0n) is 13.6. The number of carbonyl (C=O) groups excluding carboxylic acids is 1. The van der Waals surface area contributed by atoms with Crippen molar-refractivity contribution in [1.82, 2.24) is 9.88 Å². The molecule has 2 aromatic rings. The molecule has 5 heteroatoms. The molecule has 0 spiro atoms. The largest absolute Gasteiger partial charge is 0.380 e. The first-order chi connectivity index (χ1) is 11.2. The third-order valence-electron chi connectivity index (χ3n) is 4.17. The summed E-state index contributed by atoms with van der Waals surface area (Å²) in [6.45, 7) is 3.33. The lowest BCUT2D eigenvalue weighted by Crippen LogP contribution is -2.38. The third kappa shape index (κ3) is 3.62. The van der Waals surface area contributed by atoms with Crippen molar-refractivity contribution in [3.8, 4) is 0 Å². The quantitative estimate of drug-likeness (QED) is 0.852. The number of amides is 1. The molecule has 3 rings (SSSR count). The van der Waals surface area contributed by atoms with Crippen LogP contribution in [0.25, 0.3) is 0 Å². The smallest absolute Gasteiger partial charge is 0.254 e. The molecule has 0 bridgehead atoms. The normalized spacial score (nSPS) is 18.2. The van der Waals surface area contributed by atoms with E-state index in [1.54, 1.807) is 18.4 Å². The number of rotatable bonds is 4. The third-order valence-corrected chi connectivity index (χ3v) is 5.23. The molecule has 0 saturated carbocycles. The van der Waals surface area contributed by atoms with E-state index in [1.165, 1.54) is 0 Å². The van der Waals surface area contributed by atoms with Crippen molar-refractivity contribution in [2.24, 2.45) is 0 Å². The van der Waals surface area contributed by atoms with E-state index in [0.29, 0.717) is 6.61 Å². The average Bonchev–Trinajstić information content (AvgIpc) is 3.01. The summed E-state index contributed by atoms with van der Waals surface area (Å²) in [5, 5.41) is 3.12. The highest BCUT2D eigenvalue weighted by atomic mass is 32.1. The Morgan fingerprint density at radius 1 is 1.43 bits per heavy atom. The summed E-state index contributed by atoms with van der Waals surface area (Å²) in [5.74, 6) is 0.0977. The van der Waals surface area contributed by atoms with Gasteiger partial charge in [-0.3, -0.25) is 4.79 Å². The van der Waals surface area contributed by atoms with Crippen molar-refractivity contribution in [1.29, 1.82) is 0 Å². The molecule has 1 saturated heterocycles. The van der Waals surface area contributed by atoms with Gasteiger partial charge in [-0.15, -0.1) is 11.3 Å². The van der Waals surface area contributed by atoms with E-state index in [0.717, 1.165) is 47.6 Å². The van der Waals surface area contributed by atoms with Gasteiger partial charge in [0, 0.05) is 30.3 Å². The summed E-state index contributed by atoms with van der Waals surface area (Å²) < 4.78 is 5.17. The van der Waals surface area contributed by atoms with Crippen LogP contribution in [0.3, 0.4) is 0 Å². The second-order valence-corrected chi connectivity index (χ2v) is 6.86. The van der Waals surface area contributed by atoms with Crippen LogP contribution in [0.1, 0.15) is 51.9 Å². The van der Waals surface area contributed by atoms with Crippen LogP contribution in [0.5, 0.6) is 0 Å². The standard InChI is InChI=1S/C18H22N2O2S/c1-13-12-23-17(19-13)16-8-3-4-9-20(16)18(21)15-7-5-6-14(10-15)11-22-2/h5-7,10,12,16H,3-4,8-9,11H2,1-2H3/t16-/m0/s1. The van der Waals surface area contributed by atoms with E-state index in [2.05, 4.69) is 10.4 Å². The number of ether oxygens (including phenoxy) is 1. The van der Waals surface area contributed by atoms with Gasteiger partial charge >= 0.3 is 0 Å². The van der Waals surface area contributed by atoms with Gasteiger partial charge in [-0.1, -0.05) is 12.1 Å². The molecule has 0 radical (unpaired) electrons. The number of aryl methyl sites for hydroxylation is 1. The van der Waals surface area contributed by atoms with E-state index in [4.69, 9.17) is 4.74 Å². The molecule has 0 aliphatic carbocycles. The van der Waals surface area contributed by atoms with Crippen molar-refractivity contribution in [3.05, 3.63) is 51.5 Å². The van der Waals surface area contributed by atoms with E-state index in [9.17, 15) is 4.79 Å². The molecule has 1 atom stereocenters. The van der Waals surface area contributed by atoms with Crippen molar-refractivity contribution in [2.75, 3.05) is 13.7 Å². The average molecular weight is 330 g/mol. The number of aromatic nitrogens is 1. The number of carbonyl (C=O) groups is 1. The van der Waals surface area contributed by atoms with Gasteiger partial charge in [-0.05, 0) is 43.9 Å². The highest BCUT2D eigenvalue weighted by Crippen LogP contribution is 2.33. The summed E-state index contributed by atoms with van der Waals surface area (Å²) >= 11 is 1.66. The zero-order valence-corrected chi connectivity index (χ0v) is 14.4. The number of nitrogens with zero attached hydrogens (tertiary/aromatic N) is 2. The number of likely N-dealkylation sites (tertiary alicyclic amines) is 1. The highest BCUT2D eigenvalue weighted by Gasteiger charge is 2.30. The summed E-state index contributed by atoms with van der Waals surface area (Å²) in [5.41, 5.74) is 2.79. The molecule has 1 aliphatic rings. The SMILES string of the molecule is COCc1cccc(C(=O)N2CCCC[C@H]2c2nc(C)cs2)c1. The summed E-state index contributed by atoms with van der Waals surface area (Å²) in [6.07, 6.45) is 3.21. The van der Waals surface area contributed by atoms with E-state index < -0.39 is 0 Å². The fraction of sp³-hybridized carbons (Fsp3) is 0.444. The summed E-state index contributed by atoms with van der Waals surface area (Å²) in [7, 11) is 1.67. The van der Waals surface area contributed by atoms with Crippen LogP contribution < -0.4 is 0 Å². The van der Waals surface area contributed by atoms with Crippen molar-refractivity contribution >= 4 is 17.2 Å². The fourth-order valence-corrected chi connectivity index (χ4v) is 4.03. The summed E-state index contributed by atoms with van der Waals surface area (Å²) in [6, 6.07) is 7.85. The second-order valence-electron chi connectivity index (χ2n) is 5.97. The first-order valence-electron chi connectivity index (χ1n) is 8.00. The van der Waals surface area contributed by atoms with Crippen LogP contribution in [-0.4, -0.2) is 29.4 Å². The second kappa shape index (κ2) is 7.23. The minimum absolute atomic E-state index is 0.0977. The number of hydrogen-bond donors (Lipinski definition) is 0. The van der Waals surface area contributed by atoms with Gasteiger partial charge in [-0.2, -0.15) is 0 Å². The molecule has 0 N–H and O–H groups in total. The van der Waals surface area contributed by atoms with Crippen molar-refractivity contribution in [3.63, 3.8) is 0 Å². The monoisotopic (exact) mass is 330 g/mol. The van der Waals surface area contributed by atoms with Crippen LogP contribution in [-0.2, 0) is 11.3 Å². The Hall–Kier alpha value is -1.72. The van der Waals surface area contributed by atoms with Crippen LogP contribution in [0.4, 0.5) is 0 Å². The first-order valence-corrected chi connectivity index (χ1v) is 8.88. The Morgan fingerprint density at radius 3 is 3.04 bits per heavy atom.